The number of benzene rings is 2. The molecule has 0 saturated carbocycles. The summed E-state index contributed by atoms with van der Waals surface area (Å²) in [6, 6.07) is 13.0. The zero-order valence-electron chi connectivity index (χ0n) is 16.3. The van der Waals surface area contributed by atoms with Crippen molar-refractivity contribution < 1.29 is 23.3 Å². The molecule has 1 unspecified atom stereocenters. The van der Waals surface area contributed by atoms with Gasteiger partial charge in [0.1, 0.15) is 23.9 Å². The minimum absolute atomic E-state index is 0.154. The van der Waals surface area contributed by atoms with E-state index in [4.69, 9.17) is 18.9 Å². The average Bonchev–Trinajstić information content (AvgIpc) is 3.22. The number of halogens is 1. The van der Waals surface area contributed by atoms with E-state index >= 15 is 0 Å². The predicted molar refractivity (Wildman–Crippen MR) is 108 cm³/mol. The van der Waals surface area contributed by atoms with Gasteiger partial charge in [0.15, 0.2) is 5.82 Å². The van der Waals surface area contributed by atoms with Crippen LogP contribution in [0, 0.1) is 5.82 Å². The van der Waals surface area contributed by atoms with Crippen molar-refractivity contribution in [2.24, 2.45) is 4.99 Å². The number of hydrogen-bond acceptors (Lipinski definition) is 8. The van der Waals surface area contributed by atoms with Gasteiger partial charge in [-0.1, -0.05) is 12.1 Å². The topological polar surface area (TPSA) is 87.1 Å². The van der Waals surface area contributed by atoms with Crippen molar-refractivity contribution >= 4 is 23.4 Å². The molecule has 3 aromatic rings. The summed E-state index contributed by atoms with van der Waals surface area (Å²) < 4.78 is 35.2. The minimum atomic E-state index is -0.705. The van der Waals surface area contributed by atoms with Crippen LogP contribution in [0.1, 0.15) is 11.9 Å². The van der Waals surface area contributed by atoms with Gasteiger partial charge in [0.25, 0.3) is 0 Å². The molecule has 1 N–H and O–H groups in total. The molecule has 1 aliphatic rings. The second-order valence-electron chi connectivity index (χ2n) is 6.29. The fourth-order valence-corrected chi connectivity index (χ4v) is 2.82. The first-order chi connectivity index (χ1) is 14.6. The second-order valence-corrected chi connectivity index (χ2v) is 6.29. The van der Waals surface area contributed by atoms with Gasteiger partial charge in [-0.05, 0) is 12.1 Å². The number of methoxy groups -OCH3 is 2. The van der Waals surface area contributed by atoms with Crippen LogP contribution in [-0.4, -0.2) is 36.7 Å². The first-order valence-electron chi connectivity index (χ1n) is 9.07. The molecule has 4 rings (SSSR count). The van der Waals surface area contributed by atoms with Crippen LogP contribution >= 0.6 is 0 Å². The summed E-state index contributed by atoms with van der Waals surface area (Å²) in [6.07, 6.45) is 0.870. The SMILES string of the molecule is COc1cc(Nc2nccc(N=C3COC(c4cccc(F)c4)O3)n2)cc(OC)c1. The lowest BCUT2D eigenvalue weighted by molar-refractivity contribution is -0.0246. The largest absolute Gasteiger partial charge is 0.497 e. The van der Waals surface area contributed by atoms with Crippen molar-refractivity contribution in [3.63, 3.8) is 0 Å². The van der Waals surface area contributed by atoms with Crippen LogP contribution in [-0.2, 0) is 9.47 Å². The molecular weight excluding hydrogens is 391 g/mol. The Balaban J connectivity index is 1.49. The van der Waals surface area contributed by atoms with Gasteiger partial charge < -0.3 is 24.3 Å². The van der Waals surface area contributed by atoms with Gasteiger partial charge in [0.05, 0.1) is 14.2 Å². The number of nitrogens with zero attached hydrogens (tertiary/aromatic N) is 3. The van der Waals surface area contributed by atoms with E-state index in [-0.39, 0.29) is 12.4 Å². The Kier molecular flexibility index (Phi) is 5.71. The third-order valence-corrected chi connectivity index (χ3v) is 4.21. The van der Waals surface area contributed by atoms with Crippen LogP contribution < -0.4 is 14.8 Å². The Morgan fingerprint density at radius 2 is 1.90 bits per heavy atom. The van der Waals surface area contributed by atoms with Crippen LogP contribution in [0.25, 0.3) is 0 Å². The summed E-state index contributed by atoms with van der Waals surface area (Å²) >= 11 is 0. The second kappa shape index (κ2) is 8.75. The maximum Gasteiger partial charge on any atom is 0.229 e. The maximum absolute atomic E-state index is 13.4. The Morgan fingerprint density at radius 1 is 1.10 bits per heavy atom. The Hall–Kier alpha value is -3.72. The van der Waals surface area contributed by atoms with Crippen LogP contribution in [0.15, 0.2) is 59.7 Å². The highest BCUT2D eigenvalue weighted by Crippen LogP contribution is 2.28. The standard InChI is InChI=1S/C21H19FN4O4/c1-27-16-9-15(10-17(11-16)28-2)24-21-23-7-6-18(26-21)25-19-12-29-20(30-19)13-4-3-5-14(22)8-13/h3-11,20H,12H2,1-2H3,(H,23,24,26). The highest BCUT2D eigenvalue weighted by atomic mass is 19.1. The van der Waals surface area contributed by atoms with E-state index in [1.54, 1.807) is 56.8 Å². The minimum Gasteiger partial charge on any atom is -0.497 e. The summed E-state index contributed by atoms with van der Waals surface area (Å²) in [5.74, 6) is 1.98. The molecule has 1 atom stereocenters. The molecule has 2 heterocycles. The van der Waals surface area contributed by atoms with E-state index < -0.39 is 6.29 Å². The van der Waals surface area contributed by atoms with Gasteiger partial charge in [-0.15, -0.1) is 0 Å². The normalized spacial score (nSPS) is 16.9. The number of hydrogen-bond donors (Lipinski definition) is 1. The molecule has 8 nitrogen and oxygen atoms in total. The van der Waals surface area contributed by atoms with Crippen molar-refractivity contribution in [1.29, 1.82) is 0 Å². The van der Waals surface area contributed by atoms with E-state index in [0.717, 1.165) is 0 Å². The maximum atomic E-state index is 13.4. The molecule has 2 aromatic carbocycles. The summed E-state index contributed by atoms with van der Waals surface area (Å²) in [6.45, 7) is 0.154. The lowest BCUT2D eigenvalue weighted by Gasteiger charge is -2.10. The lowest BCUT2D eigenvalue weighted by atomic mass is 10.2. The summed E-state index contributed by atoms with van der Waals surface area (Å²) in [4.78, 5) is 12.9. The Labute approximate surface area is 172 Å². The van der Waals surface area contributed by atoms with E-state index in [1.807, 2.05) is 0 Å². The molecule has 1 aliphatic heterocycles. The van der Waals surface area contributed by atoms with Gasteiger partial charge >= 0.3 is 0 Å². The van der Waals surface area contributed by atoms with Crippen LogP contribution in [0.5, 0.6) is 11.5 Å². The molecule has 154 valence electrons. The Bertz CT molecular complexity index is 1050. The molecule has 0 aliphatic carbocycles. The highest BCUT2D eigenvalue weighted by Gasteiger charge is 2.25. The predicted octanol–water partition coefficient (Wildman–Crippen LogP) is 4.15. The monoisotopic (exact) mass is 410 g/mol. The molecule has 1 saturated heterocycles. The van der Waals surface area contributed by atoms with E-state index in [2.05, 4.69) is 20.3 Å². The van der Waals surface area contributed by atoms with E-state index in [1.165, 1.54) is 12.1 Å². The van der Waals surface area contributed by atoms with Crippen LogP contribution in [0.3, 0.4) is 0 Å². The zero-order valence-corrected chi connectivity index (χ0v) is 16.3. The number of nitrogens with one attached hydrogen (secondary N) is 1. The summed E-state index contributed by atoms with van der Waals surface area (Å²) in [7, 11) is 3.15. The van der Waals surface area contributed by atoms with Crippen molar-refractivity contribution in [1.82, 2.24) is 9.97 Å². The summed E-state index contributed by atoms with van der Waals surface area (Å²) in [5.41, 5.74) is 1.28. The highest BCUT2D eigenvalue weighted by molar-refractivity contribution is 5.81. The molecule has 0 bridgehead atoms. The molecule has 9 heteroatoms. The van der Waals surface area contributed by atoms with E-state index in [9.17, 15) is 4.39 Å². The number of aliphatic imine (C=N–C) groups is 1. The third kappa shape index (κ3) is 4.64. The average molecular weight is 410 g/mol. The first-order valence-corrected chi connectivity index (χ1v) is 9.07. The van der Waals surface area contributed by atoms with Gasteiger partial charge in [-0.2, -0.15) is 9.98 Å². The number of anilines is 2. The van der Waals surface area contributed by atoms with Gasteiger partial charge in [0.2, 0.25) is 18.1 Å². The summed E-state index contributed by atoms with van der Waals surface area (Å²) in [5, 5.41) is 3.09. The molecule has 0 spiro atoms. The first kappa shape index (κ1) is 19.6. The fourth-order valence-electron chi connectivity index (χ4n) is 2.82. The quantitative estimate of drug-likeness (QED) is 0.653. The van der Waals surface area contributed by atoms with Gasteiger partial charge in [-0.3, -0.25) is 0 Å². The van der Waals surface area contributed by atoms with Crippen molar-refractivity contribution in [2.75, 3.05) is 26.1 Å². The third-order valence-electron chi connectivity index (χ3n) is 4.21. The van der Waals surface area contributed by atoms with E-state index in [0.29, 0.717) is 40.4 Å². The van der Waals surface area contributed by atoms with Crippen LogP contribution in [0.2, 0.25) is 0 Å². The van der Waals surface area contributed by atoms with Gasteiger partial charge in [-0.25, -0.2) is 9.37 Å². The smallest absolute Gasteiger partial charge is 0.229 e. The molecule has 30 heavy (non-hydrogen) atoms. The van der Waals surface area contributed by atoms with Crippen molar-refractivity contribution in [3.05, 3.63) is 66.1 Å². The number of ether oxygens (including phenoxy) is 4. The number of rotatable bonds is 6. The number of aromatic nitrogens is 2. The lowest BCUT2D eigenvalue weighted by Crippen LogP contribution is -2.02. The zero-order chi connectivity index (χ0) is 20.9. The molecular formula is C21H19FN4O4. The molecule has 0 amide bonds. The van der Waals surface area contributed by atoms with Gasteiger partial charge in [0, 0.05) is 41.7 Å². The van der Waals surface area contributed by atoms with Crippen molar-refractivity contribution in [3.8, 4) is 11.5 Å². The Morgan fingerprint density at radius 3 is 2.63 bits per heavy atom. The molecule has 1 fully saturated rings. The molecule has 0 radical (unpaired) electrons. The van der Waals surface area contributed by atoms with Crippen LogP contribution in [0.4, 0.5) is 21.8 Å². The molecule has 1 aromatic heterocycles. The van der Waals surface area contributed by atoms with Crippen molar-refractivity contribution in [2.45, 2.75) is 6.29 Å². The fraction of sp³-hybridized carbons (Fsp3) is 0.190.